The van der Waals surface area contributed by atoms with Crippen LogP contribution < -0.4 is 5.32 Å². The van der Waals surface area contributed by atoms with E-state index in [1.165, 1.54) is 0 Å². The second kappa shape index (κ2) is 6.12. The molecule has 2 atom stereocenters. The first-order chi connectivity index (χ1) is 9.52. The minimum absolute atomic E-state index is 0.0112. The second-order valence-electron chi connectivity index (χ2n) is 6.17. The molecule has 0 spiro atoms. The van der Waals surface area contributed by atoms with Gasteiger partial charge in [-0.25, -0.2) is 0 Å². The summed E-state index contributed by atoms with van der Waals surface area (Å²) >= 11 is 0. The first-order valence-electron chi connectivity index (χ1n) is 7.64. The van der Waals surface area contributed by atoms with Crippen LogP contribution in [0.5, 0.6) is 0 Å². The molecule has 2 fully saturated rings. The molecule has 5 nitrogen and oxygen atoms in total. The van der Waals surface area contributed by atoms with E-state index in [0.29, 0.717) is 25.5 Å². The molecule has 2 aliphatic rings. The Kier molecular flexibility index (Phi) is 4.68. The highest BCUT2D eigenvalue weighted by atomic mass is 16.5. The molecular formula is C15H26N2O3. The Bertz CT molecular complexity index is 375. The van der Waals surface area contributed by atoms with Crippen LogP contribution in [0.25, 0.3) is 0 Å². The molecule has 0 aromatic carbocycles. The van der Waals surface area contributed by atoms with Crippen LogP contribution in [0.15, 0.2) is 0 Å². The molecule has 1 N–H and O–H groups in total. The average molecular weight is 282 g/mol. The van der Waals surface area contributed by atoms with Gasteiger partial charge in [-0.3, -0.25) is 9.59 Å². The van der Waals surface area contributed by atoms with Crippen molar-refractivity contribution in [2.24, 2.45) is 5.92 Å². The van der Waals surface area contributed by atoms with Gasteiger partial charge in [-0.05, 0) is 32.1 Å². The number of rotatable bonds is 6. The molecule has 2 rings (SSSR count). The van der Waals surface area contributed by atoms with Gasteiger partial charge in [-0.1, -0.05) is 13.3 Å². The summed E-state index contributed by atoms with van der Waals surface area (Å²) in [5.74, 6) is 0.355. The Labute approximate surface area is 121 Å². The van der Waals surface area contributed by atoms with Crippen molar-refractivity contribution >= 4 is 11.8 Å². The SMILES string of the molecule is CCCC(COC)N1CCC(=O)NC(C)(C2CC2)C1=O. The fraction of sp³-hybridized carbons (Fsp3) is 0.867. The van der Waals surface area contributed by atoms with Crippen molar-refractivity contribution in [2.75, 3.05) is 20.3 Å². The van der Waals surface area contributed by atoms with Crippen molar-refractivity contribution in [3.8, 4) is 0 Å². The smallest absolute Gasteiger partial charge is 0.248 e. The van der Waals surface area contributed by atoms with Crippen molar-refractivity contribution in [1.29, 1.82) is 0 Å². The summed E-state index contributed by atoms with van der Waals surface area (Å²) < 4.78 is 5.27. The molecule has 0 radical (unpaired) electrons. The summed E-state index contributed by atoms with van der Waals surface area (Å²) in [5, 5.41) is 2.97. The summed E-state index contributed by atoms with van der Waals surface area (Å²) in [6, 6.07) is 0.0725. The molecular weight excluding hydrogens is 256 g/mol. The Morgan fingerprint density at radius 1 is 1.45 bits per heavy atom. The third-order valence-corrected chi connectivity index (χ3v) is 4.50. The van der Waals surface area contributed by atoms with Crippen LogP contribution in [-0.4, -0.2) is 48.6 Å². The van der Waals surface area contributed by atoms with Crippen LogP contribution in [0.2, 0.25) is 0 Å². The first kappa shape index (κ1) is 15.3. The number of ether oxygens (including phenoxy) is 1. The largest absolute Gasteiger partial charge is 0.383 e. The summed E-state index contributed by atoms with van der Waals surface area (Å²) in [6.07, 6.45) is 4.35. The second-order valence-corrected chi connectivity index (χ2v) is 6.17. The van der Waals surface area contributed by atoms with Crippen molar-refractivity contribution in [3.63, 3.8) is 0 Å². The van der Waals surface area contributed by atoms with E-state index < -0.39 is 5.54 Å². The normalized spacial score (nSPS) is 29.1. The standard InChI is InChI=1S/C15H26N2O3/c1-4-5-12(10-20-3)17-9-8-13(18)16-15(2,14(17)19)11-6-7-11/h11-12H,4-10H2,1-3H3,(H,16,18). The van der Waals surface area contributed by atoms with Gasteiger partial charge in [0, 0.05) is 20.1 Å². The fourth-order valence-corrected chi connectivity index (χ4v) is 3.17. The zero-order valence-corrected chi connectivity index (χ0v) is 12.8. The predicted molar refractivity (Wildman–Crippen MR) is 76.2 cm³/mol. The molecule has 1 aliphatic carbocycles. The minimum atomic E-state index is -0.715. The molecule has 1 saturated carbocycles. The average Bonchev–Trinajstić information content (AvgIpc) is 3.22. The van der Waals surface area contributed by atoms with Crippen LogP contribution in [-0.2, 0) is 14.3 Å². The zero-order chi connectivity index (χ0) is 14.8. The Hall–Kier alpha value is -1.10. The molecule has 2 unspecified atom stereocenters. The summed E-state index contributed by atoms with van der Waals surface area (Å²) in [4.78, 5) is 26.8. The van der Waals surface area contributed by atoms with Crippen molar-refractivity contribution < 1.29 is 14.3 Å². The molecule has 114 valence electrons. The van der Waals surface area contributed by atoms with Gasteiger partial charge in [0.05, 0.1) is 12.6 Å². The summed E-state index contributed by atoms with van der Waals surface area (Å²) in [6.45, 7) is 5.03. The van der Waals surface area contributed by atoms with Crippen LogP contribution in [0.4, 0.5) is 0 Å². The Morgan fingerprint density at radius 3 is 2.70 bits per heavy atom. The fourth-order valence-electron chi connectivity index (χ4n) is 3.17. The molecule has 1 saturated heterocycles. The van der Waals surface area contributed by atoms with Gasteiger partial charge in [-0.2, -0.15) is 0 Å². The van der Waals surface area contributed by atoms with E-state index in [1.54, 1.807) is 7.11 Å². The predicted octanol–water partition coefficient (Wildman–Crippen LogP) is 1.32. The van der Waals surface area contributed by atoms with E-state index in [2.05, 4.69) is 12.2 Å². The molecule has 0 bridgehead atoms. The highest BCUT2D eigenvalue weighted by Crippen LogP contribution is 2.41. The van der Waals surface area contributed by atoms with E-state index in [0.717, 1.165) is 25.7 Å². The van der Waals surface area contributed by atoms with E-state index in [9.17, 15) is 9.59 Å². The molecule has 20 heavy (non-hydrogen) atoms. The molecule has 2 amide bonds. The third kappa shape index (κ3) is 2.97. The van der Waals surface area contributed by atoms with Gasteiger partial charge in [0.2, 0.25) is 11.8 Å². The van der Waals surface area contributed by atoms with E-state index >= 15 is 0 Å². The molecule has 5 heteroatoms. The van der Waals surface area contributed by atoms with Crippen molar-refractivity contribution in [1.82, 2.24) is 10.2 Å². The van der Waals surface area contributed by atoms with E-state index in [-0.39, 0.29) is 17.9 Å². The van der Waals surface area contributed by atoms with Gasteiger partial charge in [-0.15, -0.1) is 0 Å². The van der Waals surface area contributed by atoms with Gasteiger partial charge in [0.25, 0.3) is 0 Å². The van der Waals surface area contributed by atoms with E-state index in [1.807, 2.05) is 11.8 Å². The summed E-state index contributed by atoms with van der Waals surface area (Å²) in [5.41, 5.74) is -0.715. The van der Waals surface area contributed by atoms with Gasteiger partial charge < -0.3 is 15.0 Å². The molecule has 0 aromatic rings. The maximum atomic E-state index is 12.9. The molecule has 1 aliphatic heterocycles. The lowest BCUT2D eigenvalue weighted by atomic mass is 9.93. The Morgan fingerprint density at radius 2 is 2.15 bits per heavy atom. The Balaban J connectivity index is 2.21. The number of hydrogen-bond acceptors (Lipinski definition) is 3. The van der Waals surface area contributed by atoms with Crippen LogP contribution in [0.3, 0.4) is 0 Å². The number of nitrogens with one attached hydrogen (secondary N) is 1. The lowest BCUT2D eigenvalue weighted by Crippen LogP contribution is -2.59. The monoisotopic (exact) mass is 282 g/mol. The number of carbonyl (C=O) groups is 2. The van der Waals surface area contributed by atoms with Gasteiger partial charge in [0.1, 0.15) is 5.54 Å². The topological polar surface area (TPSA) is 58.6 Å². The van der Waals surface area contributed by atoms with E-state index in [4.69, 9.17) is 4.74 Å². The number of nitrogens with zero attached hydrogens (tertiary/aromatic N) is 1. The quantitative estimate of drug-likeness (QED) is 0.799. The van der Waals surface area contributed by atoms with Crippen LogP contribution in [0, 0.1) is 5.92 Å². The van der Waals surface area contributed by atoms with Crippen LogP contribution in [0.1, 0.15) is 46.0 Å². The van der Waals surface area contributed by atoms with Gasteiger partial charge >= 0.3 is 0 Å². The summed E-state index contributed by atoms with van der Waals surface area (Å²) in [7, 11) is 1.66. The van der Waals surface area contributed by atoms with Crippen LogP contribution >= 0.6 is 0 Å². The third-order valence-electron chi connectivity index (χ3n) is 4.50. The molecule has 1 heterocycles. The lowest BCUT2D eigenvalue weighted by molar-refractivity contribution is -0.142. The first-order valence-corrected chi connectivity index (χ1v) is 7.64. The minimum Gasteiger partial charge on any atom is -0.383 e. The highest BCUT2D eigenvalue weighted by Gasteiger charge is 2.51. The number of methoxy groups -OCH3 is 1. The maximum Gasteiger partial charge on any atom is 0.248 e. The number of carbonyl (C=O) groups excluding carboxylic acids is 2. The number of amides is 2. The maximum absolute atomic E-state index is 12.9. The van der Waals surface area contributed by atoms with Gasteiger partial charge in [0.15, 0.2) is 0 Å². The van der Waals surface area contributed by atoms with Crippen molar-refractivity contribution in [3.05, 3.63) is 0 Å². The zero-order valence-electron chi connectivity index (χ0n) is 12.8. The van der Waals surface area contributed by atoms with Crippen molar-refractivity contribution in [2.45, 2.75) is 57.5 Å². The number of hydrogen-bond donors (Lipinski definition) is 1. The highest BCUT2D eigenvalue weighted by molar-refractivity contribution is 5.94. The lowest BCUT2D eigenvalue weighted by Gasteiger charge is -2.36. The molecule has 0 aromatic heterocycles.